The standard InChI is InChI=1S/C14H13ClO/c1-10(11-6-8-12(15)9-7-11)13-4-2-3-5-14(13)16/h2-10,16H,1H3. The van der Waals surface area contributed by atoms with Crippen molar-refractivity contribution >= 4 is 11.6 Å². The Kier molecular flexibility index (Phi) is 3.16. The number of hydrogen-bond donors (Lipinski definition) is 1. The van der Waals surface area contributed by atoms with E-state index in [1.54, 1.807) is 6.07 Å². The minimum Gasteiger partial charge on any atom is -0.508 e. The Morgan fingerprint density at radius 1 is 1.00 bits per heavy atom. The number of phenolic OH excluding ortho intramolecular Hbond substituents is 1. The first-order valence-corrected chi connectivity index (χ1v) is 5.59. The third-order valence-corrected chi connectivity index (χ3v) is 3.03. The number of hydrogen-bond acceptors (Lipinski definition) is 1. The van der Waals surface area contributed by atoms with Crippen LogP contribution >= 0.6 is 11.6 Å². The molecule has 82 valence electrons. The predicted molar refractivity (Wildman–Crippen MR) is 67.1 cm³/mol. The molecule has 16 heavy (non-hydrogen) atoms. The van der Waals surface area contributed by atoms with Gasteiger partial charge in [0.05, 0.1) is 0 Å². The summed E-state index contributed by atoms with van der Waals surface area (Å²) in [5.74, 6) is 0.503. The number of aromatic hydroxyl groups is 1. The lowest BCUT2D eigenvalue weighted by Gasteiger charge is -2.13. The first-order valence-electron chi connectivity index (χ1n) is 5.22. The fourth-order valence-electron chi connectivity index (χ4n) is 1.78. The molecule has 0 spiro atoms. The molecule has 0 fully saturated rings. The van der Waals surface area contributed by atoms with E-state index in [1.165, 1.54) is 0 Å². The first-order chi connectivity index (χ1) is 7.68. The lowest BCUT2D eigenvalue weighted by atomic mass is 9.92. The highest BCUT2D eigenvalue weighted by molar-refractivity contribution is 6.30. The Bertz CT molecular complexity index is 476. The average molecular weight is 233 g/mol. The van der Waals surface area contributed by atoms with Crippen LogP contribution in [0.1, 0.15) is 24.0 Å². The Hall–Kier alpha value is -1.47. The topological polar surface area (TPSA) is 20.2 Å². The van der Waals surface area contributed by atoms with Crippen molar-refractivity contribution in [3.05, 3.63) is 64.7 Å². The Morgan fingerprint density at radius 2 is 1.62 bits per heavy atom. The van der Waals surface area contributed by atoms with E-state index in [2.05, 4.69) is 6.92 Å². The third kappa shape index (κ3) is 2.20. The molecule has 0 amide bonds. The molecule has 0 aliphatic rings. The number of halogens is 1. The lowest BCUT2D eigenvalue weighted by Crippen LogP contribution is -1.95. The van der Waals surface area contributed by atoms with Crippen LogP contribution in [0.25, 0.3) is 0 Å². The van der Waals surface area contributed by atoms with E-state index in [1.807, 2.05) is 42.5 Å². The van der Waals surface area contributed by atoms with Crippen molar-refractivity contribution in [1.82, 2.24) is 0 Å². The van der Waals surface area contributed by atoms with E-state index in [4.69, 9.17) is 11.6 Å². The smallest absolute Gasteiger partial charge is 0.119 e. The molecular formula is C14H13ClO. The SMILES string of the molecule is CC(c1ccc(Cl)cc1)c1ccccc1O. The molecule has 0 heterocycles. The zero-order valence-electron chi connectivity index (χ0n) is 9.02. The monoisotopic (exact) mass is 232 g/mol. The summed E-state index contributed by atoms with van der Waals surface area (Å²) in [6.45, 7) is 2.07. The van der Waals surface area contributed by atoms with E-state index in [0.29, 0.717) is 5.75 Å². The zero-order chi connectivity index (χ0) is 11.5. The molecule has 2 rings (SSSR count). The van der Waals surface area contributed by atoms with Crippen LogP contribution in [0.5, 0.6) is 5.75 Å². The molecule has 0 aliphatic carbocycles. The van der Waals surface area contributed by atoms with Crippen LogP contribution in [0.4, 0.5) is 0 Å². The van der Waals surface area contributed by atoms with Crippen LogP contribution in [0.3, 0.4) is 0 Å². The highest BCUT2D eigenvalue weighted by atomic mass is 35.5. The molecule has 1 atom stereocenters. The molecular weight excluding hydrogens is 220 g/mol. The minimum absolute atomic E-state index is 0.165. The lowest BCUT2D eigenvalue weighted by molar-refractivity contribution is 0.466. The number of rotatable bonds is 2. The number of para-hydroxylation sites is 1. The molecule has 2 aromatic carbocycles. The molecule has 2 aromatic rings. The molecule has 1 nitrogen and oxygen atoms in total. The van der Waals surface area contributed by atoms with Crippen molar-refractivity contribution in [2.75, 3.05) is 0 Å². The highest BCUT2D eigenvalue weighted by Gasteiger charge is 2.11. The van der Waals surface area contributed by atoms with Crippen molar-refractivity contribution in [2.24, 2.45) is 0 Å². The van der Waals surface area contributed by atoms with Crippen LogP contribution in [0.15, 0.2) is 48.5 Å². The van der Waals surface area contributed by atoms with Gasteiger partial charge in [-0.1, -0.05) is 48.9 Å². The van der Waals surface area contributed by atoms with Gasteiger partial charge in [-0.15, -0.1) is 0 Å². The molecule has 1 N–H and O–H groups in total. The number of benzene rings is 2. The van der Waals surface area contributed by atoms with Gasteiger partial charge >= 0.3 is 0 Å². The highest BCUT2D eigenvalue weighted by Crippen LogP contribution is 2.30. The van der Waals surface area contributed by atoms with Gasteiger partial charge in [0.25, 0.3) is 0 Å². The Labute approximate surface area is 100 Å². The van der Waals surface area contributed by atoms with Crippen molar-refractivity contribution in [1.29, 1.82) is 0 Å². The summed E-state index contributed by atoms with van der Waals surface area (Å²) < 4.78 is 0. The van der Waals surface area contributed by atoms with Crippen molar-refractivity contribution in [3.63, 3.8) is 0 Å². The van der Waals surface area contributed by atoms with Gasteiger partial charge in [0.15, 0.2) is 0 Å². The van der Waals surface area contributed by atoms with E-state index >= 15 is 0 Å². The number of phenols is 1. The van der Waals surface area contributed by atoms with E-state index < -0.39 is 0 Å². The molecule has 0 saturated carbocycles. The maximum atomic E-state index is 9.77. The minimum atomic E-state index is 0.165. The van der Waals surface area contributed by atoms with Gasteiger partial charge in [-0.2, -0.15) is 0 Å². The normalized spacial score (nSPS) is 12.4. The quantitative estimate of drug-likeness (QED) is 0.823. The summed E-state index contributed by atoms with van der Waals surface area (Å²) in [7, 11) is 0. The van der Waals surface area contributed by atoms with Crippen molar-refractivity contribution in [3.8, 4) is 5.75 Å². The van der Waals surface area contributed by atoms with Gasteiger partial charge in [0, 0.05) is 16.5 Å². The van der Waals surface area contributed by atoms with Crippen LogP contribution in [0.2, 0.25) is 5.02 Å². The summed E-state index contributed by atoms with van der Waals surface area (Å²) in [4.78, 5) is 0. The maximum Gasteiger partial charge on any atom is 0.119 e. The Balaban J connectivity index is 2.35. The van der Waals surface area contributed by atoms with Crippen LogP contribution in [-0.2, 0) is 0 Å². The molecule has 1 unspecified atom stereocenters. The predicted octanol–water partition coefficient (Wildman–Crippen LogP) is 4.20. The van der Waals surface area contributed by atoms with Gasteiger partial charge in [0.1, 0.15) is 5.75 Å². The van der Waals surface area contributed by atoms with Crippen LogP contribution in [0, 0.1) is 0 Å². The largest absolute Gasteiger partial charge is 0.508 e. The van der Waals surface area contributed by atoms with Crippen molar-refractivity contribution in [2.45, 2.75) is 12.8 Å². The molecule has 0 radical (unpaired) electrons. The molecule has 0 aliphatic heterocycles. The molecule has 0 aromatic heterocycles. The van der Waals surface area contributed by atoms with Crippen LogP contribution in [-0.4, -0.2) is 5.11 Å². The zero-order valence-corrected chi connectivity index (χ0v) is 9.78. The first kappa shape index (κ1) is 11.0. The fourth-order valence-corrected chi connectivity index (χ4v) is 1.91. The second kappa shape index (κ2) is 4.58. The fraction of sp³-hybridized carbons (Fsp3) is 0.143. The summed E-state index contributed by atoms with van der Waals surface area (Å²) in [5.41, 5.74) is 2.08. The van der Waals surface area contributed by atoms with E-state index in [-0.39, 0.29) is 5.92 Å². The second-order valence-corrected chi connectivity index (χ2v) is 4.27. The van der Waals surface area contributed by atoms with Gasteiger partial charge in [-0.3, -0.25) is 0 Å². The molecule has 0 bridgehead atoms. The van der Waals surface area contributed by atoms with Gasteiger partial charge in [-0.05, 0) is 23.8 Å². The van der Waals surface area contributed by atoms with Crippen LogP contribution < -0.4 is 0 Å². The molecule has 0 saturated heterocycles. The third-order valence-electron chi connectivity index (χ3n) is 2.77. The molecule has 2 heteroatoms. The van der Waals surface area contributed by atoms with Gasteiger partial charge < -0.3 is 5.11 Å². The maximum absolute atomic E-state index is 9.77. The second-order valence-electron chi connectivity index (χ2n) is 3.83. The van der Waals surface area contributed by atoms with E-state index in [9.17, 15) is 5.11 Å². The summed E-state index contributed by atoms with van der Waals surface area (Å²) in [6, 6.07) is 15.1. The van der Waals surface area contributed by atoms with Crippen molar-refractivity contribution < 1.29 is 5.11 Å². The van der Waals surface area contributed by atoms with Gasteiger partial charge in [0.2, 0.25) is 0 Å². The Morgan fingerprint density at radius 3 is 2.25 bits per heavy atom. The average Bonchev–Trinajstić information content (AvgIpc) is 2.30. The van der Waals surface area contributed by atoms with E-state index in [0.717, 1.165) is 16.1 Å². The summed E-state index contributed by atoms with van der Waals surface area (Å²) >= 11 is 5.84. The summed E-state index contributed by atoms with van der Waals surface area (Å²) in [5, 5.41) is 10.5. The summed E-state index contributed by atoms with van der Waals surface area (Å²) in [6.07, 6.45) is 0. The van der Waals surface area contributed by atoms with Gasteiger partial charge in [-0.25, -0.2) is 0 Å².